The quantitative estimate of drug-likeness (QED) is 0.581. The van der Waals surface area contributed by atoms with Gasteiger partial charge in [0.25, 0.3) is 0 Å². The van der Waals surface area contributed by atoms with Gasteiger partial charge >= 0.3 is 0 Å². The molecule has 5 nitrogen and oxygen atoms in total. The highest BCUT2D eigenvalue weighted by atomic mass is 32.2. The summed E-state index contributed by atoms with van der Waals surface area (Å²) in [6, 6.07) is 0.00815. The highest BCUT2D eigenvalue weighted by molar-refractivity contribution is 7.99. The summed E-state index contributed by atoms with van der Waals surface area (Å²) in [5, 5.41) is 16.0. The SMILES string of the molecule is Cc1nc(SCC(N)CCO)n[nH]1. The molecule has 0 amide bonds. The maximum absolute atomic E-state index is 8.61. The number of hydrogen-bond donors (Lipinski definition) is 3. The van der Waals surface area contributed by atoms with E-state index in [0.29, 0.717) is 11.6 Å². The van der Waals surface area contributed by atoms with Crippen LogP contribution in [0, 0.1) is 6.92 Å². The van der Waals surface area contributed by atoms with Crippen molar-refractivity contribution in [3.8, 4) is 0 Å². The second-order valence-electron chi connectivity index (χ2n) is 2.79. The van der Waals surface area contributed by atoms with Crippen molar-refractivity contribution in [1.82, 2.24) is 15.2 Å². The standard InChI is InChI=1S/C7H14N4OS/c1-5-9-7(11-10-5)13-4-6(8)2-3-12/h6,12H,2-4,8H2,1H3,(H,9,10,11). The van der Waals surface area contributed by atoms with Crippen LogP contribution in [0.1, 0.15) is 12.2 Å². The molecule has 0 aliphatic carbocycles. The topological polar surface area (TPSA) is 87.8 Å². The molecule has 74 valence electrons. The number of aromatic amines is 1. The van der Waals surface area contributed by atoms with Gasteiger partial charge < -0.3 is 10.8 Å². The predicted molar refractivity (Wildman–Crippen MR) is 51.5 cm³/mol. The maximum Gasteiger partial charge on any atom is 0.208 e. The number of aryl methyl sites for hydroxylation is 1. The van der Waals surface area contributed by atoms with Gasteiger partial charge in [0.15, 0.2) is 0 Å². The highest BCUT2D eigenvalue weighted by Crippen LogP contribution is 2.13. The van der Waals surface area contributed by atoms with Crippen molar-refractivity contribution < 1.29 is 5.11 Å². The summed E-state index contributed by atoms with van der Waals surface area (Å²) in [4.78, 5) is 4.12. The van der Waals surface area contributed by atoms with Crippen molar-refractivity contribution in [3.63, 3.8) is 0 Å². The van der Waals surface area contributed by atoms with Crippen LogP contribution in [0.3, 0.4) is 0 Å². The Morgan fingerprint density at radius 1 is 1.69 bits per heavy atom. The Balaban J connectivity index is 2.26. The van der Waals surface area contributed by atoms with Gasteiger partial charge in [0, 0.05) is 18.4 Å². The molecule has 13 heavy (non-hydrogen) atoms. The van der Waals surface area contributed by atoms with Crippen LogP contribution in [0.5, 0.6) is 0 Å². The van der Waals surface area contributed by atoms with Gasteiger partial charge in [-0.15, -0.1) is 5.10 Å². The molecule has 4 N–H and O–H groups in total. The van der Waals surface area contributed by atoms with Crippen molar-refractivity contribution in [2.24, 2.45) is 5.73 Å². The van der Waals surface area contributed by atoms with Crippen LogP contribution >= 0.6 is 11.8 Å². The number of nitrogens with two attached hydrogens (primary N) is 1. The van der Waals surface area contributed by atoms with Crippen LogP contribution in [0.4, 0.5) is 0 Å². The summed E-state index contributed by atoms with van der Waals surface area (Å²) >= 11 is 1.50. The van der Waals surface area contributed by atoms with Crippen LogP contribution in [0.15, 0.2) is 5.16 Å². The van der Waals surface area contributed by atoms with E-state index in [1.165, 1.54) is 11.8 Å². The fourth-order valence-electron chi connectivity index (χ4n) is 0.817. The Labute approximate surface area is 81.1 Å². The van der Waals surface area contributed by atoms with Gasteiger partial charge in [-0.05, 0) is 13.3 Å². The lowest BCUT2D eigenvalue weighted by Gasteiger charge is -2.06. The van der Waals surface area contributed by atoms with Crippen molar-refractivity contribution in [2.75, 3.05) is 12.4 Å². The Kier molecular flexibility index (Phi) is 4.20. The molecule has 0 saturated carbocycles. The number of nitrogens with one attached hydrogen (secondary N) is 1. The third kappa shape index (κ3) is 3.75. The van der Waals surface area contributed by atoms with Crippen LogP contribution < -0.4 is 5.73 Å². The third-order valence-corrected chi connectivity index (χ3v) is 2.54. The molecule has 1 unspecified atom stereocenters. The average Bonchev–Trinajstić information content (AvgIpc) is 2.49. The lowest BCUT2D eigenvalue weighted by molar-refractivity contribution is 0.279. The zero-order valence-electron chi connectivity index (χ0n) is 7.53. The molecule has 1 aromatic heterocycles. The number of rotatable bonds is 5. The number of aliphatic hydroxyl groups excluding tert-OH is 1. The summed E-state index contributed by atoms with van der Waals surface area (Å²) in [7, 11) is 0. The van der Waals surface area contributed by atoms with Crippen LogP contribution in [0.2, 0.25) is 0 Å². The fraction of sp³-hybridized carbons (Fsp3) is 0.714. The summed E-state index contributed by atoms with van der Waals surface area (Å²) in [5.74, 6) is 1.54. The molecule has 0 saturated heterocycles. The van der Waals surface area contributed by atoms with Crippen molar-refractivity contribution >= 4 is 11.8 Å². The number of aliphatic hydroxyl groups is 1. The minimum atomic E-state index is 0.00815. The minimum Gasteiger partial charge on any atom is -0.396 e. The highest BCUT2D eigenvalue weighted by Gasteiger charge is 2.05. The first-order valence-corrected chi connectivity index (χ1v) is 5.09. The first-order chi connectivity index (χ1) is 6.22. The van der Waals surface area contributed by atoms with E-state index in [4.69, 9.17) is 10.8 Å². The first-order valence-electron chi connectivity index (χ1n) is 4.10. The molecule has 6 heteroatoms. The summed E-state index contributed by atoms with van der Waals surface area (Å²) in [5.41, 5.74) is 5.69. The molecule has 0 bridgehead atoms. The second-order valence-corrected chi connectivity index (χ2v) is 3.77. The van der Waals surface area contributed by atoms with E-state index in [0.717, 1.165) is 11.6 Å². The minimum absolute atomic E-state index is 0.00815. The zero-order chi connectivity index (χ0) is 9.68. The first kappa shape index (κ1) is 10.5. The van der Waals surface area contributed by atoms with E-state index in [-0.39, 0.29) is 12.6 Å². The Bertz CT molecular complexity index is 252. The van der Waals surface area contributed by atoms with E-state index in [1.54, 1.807) is 0 Å². The largest absolute Gasteiger partial charge is 0.396 e. The van der Waals surface area contributed by atoms with E-state index in [9.17, 15) is 0 Å². The van der Waals surface area contributed by atoms with Gasteiger partial charge in [-0.1, -0.05) is 11.8 Å². The predicted octanol–water partition coefficient (Wildman–Crippen LogP) is -0.0851. The van der Waals surface area contributed by atoms with Gasteiger partial charge in [0.1, 0.15) is 5.82 Å². The second kappa shape index (κ2) is 5.21. The molecule has 1 aromatic rings. The lowest BCUT2D eigenvalue weighted by Crippen LogP contribution is -2.23. The van der Waals surface area contributed by atoms with Crippen molar-refractivity contribution in [3.05, 3.63) is 5.82 Å². The molecular formula is C7H14N4OS. The van der Waals surface area contributed by atoms with Gasteiger partial charge in [-0.2, -0.15) is 0 Å². The molecule has 1 rings (SSSR count). The van der Waals surface area contributed by atoms with Crippen LogP contribution in [-0.2, 0) is 0 Å². The van der Waals surface area contributed by atoms with Gasteiger partial charge in [0.2, 0.25) is 5.16 Å². The van der Waals surface area contributed by atoms with Crippen LogP contribution in [-0.4, -0.2) is 38.7 Å². The van der Waals surface area contributed by atoms with Gasteiger partial charge in [-0.25, -0.2) is 4.98 Å². The average molecular weight is 202 g/mol. The molecule has 0 fully saturated rings. The molecule has 1 atom stereocenters. The van der Waals surface area contributed by atoms with Crippen molar-refractivity contribution in [1.29, 1.82) is 0 Å². The van der Waals surface area contributed by atoms with Gasteiger partial charge in [-0.3, -0.25) is 5.10 Å². The number of hydrogen-bond acceptors (Lipinski definition) is 5. The van der Waals surface area contributed by atoms with Crippen LogP contribution in [0.25, 0.3) is 0 Å². The number of aromatic nitrogens is 3. The molecular weight excluding hydrogens is 188 g/mol. The monoisotopic (exact) mass is 202 g/mol. The molecule has 0 radical (unpaired) electrons. The van der Waals surface area contributed by atoms with E-state index in [1.807, 2.05) is 6.92 Å². The van der Waals surface area contributed by atoms with E-state index in [2.05, 4.69) is 15.2 Å². The zero-order valence-corrected chi connectivity index (χ0v) is 8.34. The normalized spacial score (nSPS) is 13.2. The van der Waals surface area contributed by atoms with E-state index < -0.39 is 0 Å². The number of H-pyrrole nitrogens is 1. The van der Waals surface area contributed by atoms with E-state index >= 15 is 0 Å². The summed E-state index contributed by atoms with van der Waals surface area (Å²) in [6.07, 6.45) is 0.621. The molecule has 0 aromatic carbocycles. The molecule has 0 aliphatic heterocycles. The third-order valence-electron chi connectivity index (χ3n) is 1.50. The Hall–Kier alpha value is -0.590. The maximum atomic E-state index is 8.61. The smallest absolute Gasteiger partial charge is 0.208 e. The molecule has 1 heterocycles. The molecule has 0 aliphatic rings. The number of thioether (sulfide) groups is 1. The summed E-state index contributed by atoms with van der Waals surface area (Å²) in [6.45, 7) is 1.99. The summed E-state index contributed by atoms with van der Waals surface area (Å²) < 4.78 is 0. The Morgan fingerprint density at radius 2 is 2.46 bits per heavy atom. The lowest BCUT2D eigenvalue weighted by atomic mass is 10.3. The number of nitrogens with zero attached hydrogens (tertiary/aromatic N) is 2. The Morgan fingerprint density at radius 3 is 3.00 bits per heavy atom. The van der Waals surface area contributed by atoms with Gasteiger partial charge in [0.05, 0.1) is 0 Å². The fourth-order valence-corrected chi connectivity index (χ4v) is 1.66. The van der Waals surface area contributed by atoms with Crippen molar-refractivity contribution in [2.45, 2.75) is 24.5 Å². The molecule has 0 spiro atoms.